The minimum Gasteiger partial charge on any atom is -0.457 e. The van der Waals surface area contributed by atoms with Gasteiger partial charge in [0.2, 0.25) is 0 Å². The Balaban J connectivity index is 1.54. The second kappa shape index (κ2) is 8.62. The first kappa shape index (κ1) is 20.6. The molecule has 7 heteroatoms. The molecule has 0 N–H and O–H groups in total. The summed E-state index contributed by atoms with van der Waals surface area (Å²) < 4.78 is 33.4. The van der Waals surface area contributed by atoms with Crippen molar-refractivity contribution in [3.8, 4) is 6.07 Å². The third-order valence-electron chi connectivity index (χ3n) is 5.18. The van der Waals surface area contributed by atoms with Crippen molar-refractivity contribution in [1.29, 1.82) is 5.26 Å². The first-order valence-electron chi connectivity index (χ1n) is 9.86. The summed E-state index contributed by atoms with van der Waals surface area (Å²) in [5.74, 6) is -0.611. The van der Waals surface area contributed by atoms with Gasteiger partial charge < -0.3 is 4.74 Å². The molecule has 0 unspecified atom stereocenters. The van der Waals surface area contributed by atoms with E-state index < -0.39 is 16.0 Å². The van der Waals surface area contributed by atoms with Crippen molar-refractivity contribution in [3.05, 3.63) is 95.1 Å². The van der Waals surface area contributed by atoms with E-state index >= 15 is 0 Å². The van der Waals surface area contributed by atoms with Crippen molar-refractivity contribution < 1.29 is 17.9 Å². The van der Waals surface area contributed by atoms with E-state index in [1.807, 2.05) is 30.3 Å². The van der Waals surface area contributed by atoms with E-state index in [4.69, 9.17) is 10.00 Å². The van der Waals surface area contributed by atoms with Crippen LogP contribution in [0.25, 0.3) is 0 Å². The lowest BCUT2D eigenvalue weighted by Gasteiger charge is -2.30. The highest BCUT2D eigenvalue weighted by atomic mass is 32.2. The van der Waals surface area contributed by atoms with Gasteiger partial charge in [-0.05, 0) is 60.4 Å². The molecule has 0 atom stereocenters. The summed E-state index contributed by atoms with van der Waals surface area (Å²) in [6, 6.07) is 22.1. The summed E-state index contributed by atoms with van der Waals surface area (Å²) in [5.41, 5.74) is 3.10. The summed E-state index contributed by atoms with van der Waals surface area (Å²) in [4.78, 5) is 12.6. The topological polar surface area (TPSA) is 87.5 Å². The van der Waals surface area contributed by atoms with Crippen molar-refractivity contribution in [2.45, 2.75) is 24.3 Å². The SMILES string of the molecule is N#Cc1ccc(COC(=O)c2cccc(S(=O)(=O)N3CCCc4ccccc43)c2)cc1. The average molecular weight is 433 g/mol. The summed E-state index contributed by atoms with van der Waals surface area (Å²) in [5, 5.41) is 8.85. The van der Waals surface area contributed by atoms with E-state index in [1.165, 1.54) is 22.5 Å². The Bertz CT molecular complexity index is 1260. The molecule has 0 amide bonds. The molecule has 1 aliphatic rings. The lowest BCUT2D eigenvalue weighted by atomic mass is 10.0. The van der Waals surface area contributed by atoms with Crippen molar-refractivity contribution in [2.24, 2.45) is 0 Å². The van der Waals surface area contributed by atoms with Crippen LogP contribution in [-0.2, 0) is 27.8 Å². The largest absolute Gasteiger partial charge is 0.457 e. The van der Waals surface area contributed by atoms with E-state index in [1.54, 1.807) is 30.3 Å². The number of sulfonamides is 1. The number of carbonyl (C=O) groups excluding carboxylic acids is 1. The molecule has 3 aromatic rings. The van der Waals surface area contributed by atoms with Crippen molar-refractivity contribution in [3.63, 3.8) is 0 Å². The number of rotatable bonds is 5. The highest BCUT2D eigenvalue weighted by molar-refractivity contribution is 7.92. The molecular formula is C24H20N2O4S. The highest BCUT2D eigenvalue weighted by Crippen LogP contribution is 2.32. The average Bonchev–Trinajstić information content (AvgIpc) is 2.82. The molecule has 0 saturated carbocycles. The number of ether oxygens (including phenoxy) is 1. The number of hydrogen-bond acceptors (Lipinski definition) is 5. The van der Waals surface area contributed by atoms with Crippen molar-refractivity contribution in [2.75, 3.05) is 10.8 Å². The molecule has 0 fully saturated rings. The molecule has 0 radical (unpaired) electrons. The number of aryl methyl sites for hydroxylation is 1. The molecule has 0 spiro atoms. The maximum absolute atomic E-state index is 13.3. The van der Waals surface area contributed by atoms with Crippen LogP contribution in [-0.4, -0.2) is 20.9 Å². The van der Waals surface area contributed by atoms with Crippen LogP contribution in [0.5, 0.6) is 0 Å². The number of carbonyl (C=O) groups is 1. The first-order chi connectivity index (χ1) is 15.0. The number of fused-ring (bicyclic) bond motifs is 1. The summed E-state index contributed by atoms with van der Waals surface area (Å²) in [6.07, 6.45) is 1.58. The van der Waals surface area contributed by atoms with Crippen LogP contribution in [0, 0.1) is 11.3 Å². The fraction of sp³-hybridized carbons (Fsp3) is 0.167. The molecule has 1 aliphatic heterocycles. The molecule has 6 nitrogen and oxygen atoms in total. The summed E-state index contributed by atoms with van der Waals surface area (Å²) in [7, 11) is -3.81. The quantitative estimate of drug-likeness (QED) is 0.568. The van der Waals surface area contributed by atoms with Gasteiger partial charge in [0.1, 0.15) is 6.61 Å². The molecule has 0 bridgehead atoms. The second-order valence-corrected chi connectivity index (χ2v) is 9.08. The number of hydrogen-bond donors (Lipinski definition) is 0. The third kappa shape index (κ3) is 4.30. The molecule has 4 rings (SSSR count). The number of para-hydroxylation sites is 1. The maximum Gasteiger partial charge on any atom is 0.338 e. The Kier molecular flexibility index (Phi) is 5.74. The summed E-state index contributed by atoms with van der Waals surface area (Å²) >= 11 is 0. The van der Waals surface area contributed by atoms with Crippen LogP contribution in [0.1, 0.15) is 33.5 Å². The predicted octanol–water partition coefficient (Wildman–Crippen LogP) is 4.06. The molecule has 0 saturated heterocycles. The monoisotopic (exact) mass is 432 g/mol. The van der Waals surface area contributed by atoms with E-state index in [0.717, 1.165) is 24.0 Å². The molecule has 31 heavy (non-hydrogen) atoms. The zero-order valence-corrected chi connectivity index (χ0v) is 17.5. The van der Waals surface area contributed by atoms with Crippen molar-refractivity contribution in [1.82, 2.24) is 0 Å². The normalized spacial score (nSPS) is 13.2. The van der Waals surface area contributed by atoms with Crippen LogP contribution in [0.2, 0.25) is 0 Å². The minimum absolute atomic E-state index is 0.0288. The van der Waals surface area contributed by atoms with E-state index in [9.17, 15) is 13.2 Å². The Morgan fingerprint density at radius 1 is 1.03 bits per heavy atom. The lowest BCUT2D eigenvalue weighted by molar-refractivity contribution is 0.0472. The second-order valence-electron chi connectivity index (χ2n) is 7.22. The number of nitrogens with zero attached hydrogens (tertiary/aromatic N) is 2. The summed E-state index contributed by atoms with van der Waals surface area (Å²) in [6.45, 7) is 0.424. The molecule has 1 heterocycles. The molecule has 0 aromatic heterocycles. The number of anilines is 1. The van der Waals surface area contributed by atoms with Gasteiger partial charge in [-0.15, -0.1) is 0 Å². The highest BCUT2D eigenvalue weighted by Gasteiger charge is 2.29. The van der Waals surface area contributed by atoms with Crippen LogP contribution in [0.3, 0.4) is 0 Å². The Labute approximate surface area is 181 Å². The van der Waals surface area contributed by atoms with Gasteiger partial charge >= 0.3 is 5.97 Å². The van der Waals surface area contributed by atoms with Gasteiger partial charge in [-0.2, -0.15) is 5.26 Å². The van der Waals surface area contributed by atoms with E-state index in [-0.39, 0.29) is 17.1 Å². The van der Waals surface area contributed by atoms with E-state index in [0.29, 0.717) is 17.8 Å². The lowest BCUT2D eigenvalue weighted by Crippen LogP contribution is -2.35. The van der Waals surface area contributed by atoms with Gasteiger partial charge in [0.05, 0.1) is 27.8 Å². The first-order valence-corrected chi connectivity index (χ1v) is 11.3. The third-order valence-corrected chi connectivity index (χ3v) is 6.99. The number of benzene rings is 3. The van der Waals surface area contributed by atoms with Gasteiger partial charge in [-0.1, -0.05) is 36.4 Å². The smallest absolute Gasteiger partial charge is 0.338 e. The van der Waals surface area contributed by atoms with Gasteiger partial charge in [0.15, 0.2) is 0 Å². The minimum atomic E-state index is -3.81. The van der Waals surface area contributed by atoms with Gasteiger partial charge in [-0.25, -0.2) is 13.2 Å². The van der Waals surface area contributed by atoms with Crippen molar-refractivity contribution >= 4 is 21.7 Å². The Morgan fingerprint density at radius 3 is 2.58 bits per heavy atom. The maximum atomic E-state index is 13.3. The number of nitriles is 1. The van der Waals surface area contributed by atoms with Gasteiger partial charge in [-0.3, -0.25) is 4.31 Å². The fourth-order valence-electron chi connectivity index (χ4n) is 3.57. The zero-order chi connectivity index (χ0) is 21.8. The van der Waals surface area contributed by atoms with E-state index in [2.05, 4.69) is 0 Å². The van der Waals surface area contributed by atoms with Gasteiger partial charge in [0.25, 0.3) is 10.0 Å². The molecule has 3 aromatic carbocycles. The Morgan fingerprint density at radius 2 is 1.81 bits per heavy atom. The Hall–Kier alpha value is -3.63. The molecule has 156 valence electrons. The fourth-order valence-corrected chi connectivity index (χ4v) is 5.15. The standard InChI is InChI=1S/C24H20N2O4S/c25-16-18-10-12-19(13-11-18)17-30-24(27)21-6-3-8-22(15-21)31(28,29)26-14-4-7-20-5-1-2-9-23(20)26/h1-3,5-6,8-13,15H,4,7,14,17H2. The van der Waals surface area contributed by atoms with Crippen LogP contribution >= 0.6 is 0 Å². The number of esters is 1. The van der Waals surface area contributed by atoms with Gasteiger partial charge in [0, 0.05) is 6.54 Å². The molecule has 0 aliphatic carbocycles. The zero-order valence-electron chi connectivity index (χ0n) is 16.7. The molecular weight excluding hydrogens is 412 g/mol. The van der Waals surface area contributed by atoms with Crippen LogP contribution in [0.15, 0.2) is 77.7 Å². The van der Waals surface area contributed by atoms with Crippen LogP contribution in [0.4, 0.5) is 5.69 Å². The predicted molar refractivity (Wildman–Crippen MR) is 116 cm³/mol. The van der Waals surface area contributed by atoms with Crippen LogP contribution < -0.4 is 4.31 Å².